The SMILES string of the molecule is CCCC(C)C(=O)NCCCNCCCN=C(N)N. The van der Waals surface area contributed by atoms with Crippen LogP contribution in [-0.2, 0) is 4.79 Å². The largest absolute Gasteiger partial charge is 0.370 e. The monoisotopic (exact) mass is 271 g/mol. The van der Waals surface area contributed by atoms with Crippen molar-refractivity contribution < 1.29 is 4.79 Å². The van der Waals surface area contributed by atoms with Gasteiger partial charge in [-0.25, -0.2) is 0 Å². The molecule has 0 aromatic carbocycles. The number of guanidine groups is 1. The number of carbonyl (C=O) groups is 1. The predicted molar refractivity (Wildman–Crippen MR) is 79.9 cm³/mol. The maximum atomic E-state index is 11.6. The van der Waals surface area contributed by atoms with Gasteiger partial charge in [0.25, 0.3) is 0 Å². The Kier molecular flexibility index (Phi) is 11.0. The first kappa shape index (κ1) is 17.7. The highest BCUT2D eigenvalue weighted by Crippen LogP contribution is 2.03. The van der Waals surface area contributed by atoms with Crippen molar-refractivity contribution in [2.24, 2.45) is 22.4 Å². The molecule has 0 aliphatic rings. The molecule has 0 fully saturated rings. The average Bonchev–Trinajstić information content (AvgIpc) is 2.36. The van der Waals surface area contributed by atoms with Gasteiger partial charge in [0.05, 0.1) is 0 Å². The van der Waals surface area contributed by atoms with Gasteiger partial charge in [0, 0.05) is 19.0 Å². The lowest BCUT2D eigenvalue weighted by Gasteiger charge is -2.11. The summed E-state index contributed by atoms with van der Waals surface area (Å²) in [4.78, 5) is 15.5. The van der Waals surface area contributed by atoms with E-state index in [1.165, 1.54) is 0 Å². The predicted octanol–water partition coefficient (Wildman–Crippen LogP) is 0.182. The lowest BCUT2D eigenvalue weighted by atomic mass is 10.1. The van der Waals surface area contributed by atoms with Crippen molar-refractivity contribution in [2.75, 3.05) is 26.2 Å². The van der Waals surface area contributed by atoms with Crippen LogP contribution in [0.3, 0.4) is 0 Å². The second-order valence-electron chi connectivity index (χ2n) is 4.74. The molecule has 1 unspecified atom stereocenters. The minimum Gasteiger partial charge on any atom is -0.370 e. The van der Waals surface area contributed by atoms with Crippen molar-refractivity contribution >= 4 is 11.9 Å². The van der Waals surface area contributed by atoms with Crippen LogP contribution in [0.2, 0.25) is 0 Å². The minimum atomic E-state index is 0.123. The number of aliphatic imine (C=N–C) groups is 1. The third-order valence-corrected chi connectivity index (χ3v) is 2.80. The van der Waals surface area contributed by atoms with Crippen LogP contribution in [0.1, 0.15) is 39.5 Å². The highest BCUT2D eigenvalue weighted by molar-refractivity contribution is 5.78. The van der Waals surface area contributed by atoms with E-state index in [4.69, 9.17) is 11.5 Å². The molecule has 0 aliphatic heterocycles. The molecule has 1 atom stereocenters. The Balaban J connectivity index is 3.31. The number of nitrogens with zero attached hydrogens (tertiary/aromatic N) is 1. The van der Waals surface area contributed by atoms with Crippen molar-refractivity contribution in [3.05, 3.63) is 0 Å². The standard InChI is InChI=1S/C13H29N5O/c1-3-6-11(2)12(19)17-9-4-7-16-8-5-10-18-13(14)15/h11,16H,3-10H2,1-2H3,(H,17,19)(H4,14,15,18). The van der Waals surface area contributed by atoms with E-state index in [1.807, 2.05) is 6.92 Å². The first-order chi connectivity index (χ1) is 9.07. The third-order valence-electron chi connectivity index (χ3n) is 2.80. The molecule has 0 bridgehead atoms. The van der Waals surface area contributed by atoms with Crippen molar-refractivity contribution in [3.8, 4) is 0 Å². The molecular weight excluding hydrogens is 242 g/mol. The van der Waals surface area contributed by atoms with Gasteiger partial charge in [-0.15, -0.1) is 0 Å². The lowest BCUT2D eigenvalue weighted by molar-refractivity contribution is -0.124. The van der Waals surface area contributed by atoms with E-state index in [9.17, 15) is 4.79 Å². The molecule has 1 amide bonds. The molecule has 0 rings (SSSR count). The quantitative estimate of drug-likeness (QED) is 0.244. The first-order valence-corrected chi connectivity index (χ1v) is 7.11. The van der Waals surface area contributed by atoms with Gasteiger partial charge in [-0.3, -0.25) is 9.79 Å². The number of carbonyl (C=O) groups excluding carboxylic acids is 1. The van der Waals surface area contributed by atoms with E-state index in [0.717, 1.165) is 45.3 Å². The smallest absolute Gasteiger partial charge is 0.222 e. The molecule has 0 aromatic rings. The third kappa shape index (κ3) is 11.5. The van der Waals surface area contributed by atoms with Gasteiger partial charge >= 0.3 is 0 Å². The van der Waals surface area contributed by atoms with Gasteiger partial charge in [-0.05, 0) is 32.4 Å². The van der Waals surface area contributed by atoms with Crippen LogP contribution >= 0.6 is 0 Å². The number of rotatable bonds is 11. The van der Waals surface area contributed by atoms with Crippen molar-refractivity contribution in [1.82, 2.24) is 10.6 Å². The summed E-state index contributed by atoms with van der Waals surface area (Å²) < 4.78 is 0. The molecular formula is C13H29N5O. The Bertz CT molecular complexity index is 264. The second-order valence-corrected chi connectivity index (χ2v) is 4.74. The highest BCUT2D eigenvalue weighted by Gasteiger charge is 2.09. The Hall–Kier alpha value is -1.30. The molecule has 0 heterocycles. The summed E-state index contributed by atoms with van der Waals surface area (Å²) in [5.41, 5.74) is 10.4. The van der Waals surface area contributed by atoms with Crippen molar-refractivity contribution in [1.29, 1.82) is 0 Å². The average molecular weight is 271 g/mol. The molecule has 19 heavy (non-hydrogen) atoms. The number of hydrogen-bond donors (Lipinski definition) is 4. The molecule has 6 heteroatoms. The number of nitrogens with one attached hydrogen (secondary N) is 2. The van der Waals surface area contributed by atoms with Gasteiger partial charge in [0.15, 0.2) is 5.96 Å². The zero-order valence-corrected chi connectivity index (χ0v) is 12.2. The fraction of sp³-hybridized carbons (Fsp3) is 0.846. The van der Waals surface area contributed by atoms with Crippen LogP contribution in [0, 0.1) is 5.92 Å². The summed E-state index contributed by atoms with van der Waals surface area (Å²) in [5.74, 6) is 0.427. The number of hydrogen-bond acceptors (Lipinski definition) is 3. The van der Waals surface area contributed by atoms with Crippen LogP contribution in [0.5, 0.6) is 0 Å². The summed E-state index contributed by atoms with van der Waals surface area (Å²) in [5, 5.41) is 6.24. The maximum Gasteiger partial charge on any atom is 0.222 e. The van der Waals surface area contributed by atoms with Gasteiger partial charge in [0.1, 0.15) is 0 Å². The molecule has 6 N–H and O–H groups in total. The lowest BCUT2D eigenvalue weighted by Crippen LogP contribution is -2.31. The molecule has 0 saturated carbocycles. The van der Waals surface area contributed by atoms with E-state index in [0.29, 0.717) is 6.54 Å². The van der Waals surface area contributed by atoms with E-state index < -0.39 is 0 Å². The second kappa shape index (κ2) is 11.8. The Morgan fingerprint density at radius 1 is 1.21 bits per heavy atom. The van der Waals surface area contributed by atoms with E-state index in [1.54, 1.807) is 0 Å². The van der Waals surface area contributed by atoms with Crippen LogP contribution < -0.4 is 22.1 Å². The highest BCUT2D eigenvalue weighted by atomic mass is 16.1. The molecule has 0 aromatic heterocycles. The van der Waals surface area contributed by atoms with Gasteiger partial charge in [0.2, 0.25) is 5.91 Å². The van der Waals surface area contributed by atoms with Crippen LogP contribution in [0.4, 0.5) is 0 Å². The minimum absolute atomic E-state index is 0.123. The van der Waals surface area contributed by atoms with Crippen molar-refractivity contribution in [2.45, 2.75) is 39.5 Å². The van der Waals surface area contributed by atoms with E-state index in [2.05, 4.69) is 22.5 Å². The molecule has 0 aliphatic carbocycles. The topological polar surface area (TPSA) is 106 Å². The molecule has 0 radical (unpaired) electrons. The summed E-state index contributed by atoms with van der Waals surface area (Å²) in [6, 6.07) is 0. The van der Waals surface area contributed by atoms with Crippen molar-refractivity contribution in [3.63, 3.8) is 0 Å². The molecule has 112 valence electrons. The number of amides is 1. The number of nitrogens with two attached hydrogens (primary N) is 2. The summed E-state index contributed by atoms with van der Waals surface area (Å²) in [6.07, 6.45) is 3.85. The fourth-order valence-electron chi connectivity index (χ4n) is 1.70. The molecule has 0 saturated heterocycles. The summed E-state index contributed by atoms with van der Waals surface area (Å²) in [7, 11) is 0. The normalized spacial score (nSPS) is 11.9. The van der Waals surface area contributed by atoms with Crippen LogP contribution in [0.25, 0.3) is 0 Å². The maximum absolute atomic E-state index is 11.6. The zero-order valence-electron chi connectivity index (χ0n) is 12.2. The summed E-state index contributed by atoms with van der Waals surface area (Å²) in [6.45, 7) is 7.23. The molecule has 0 spiro atoms. The van der Waals surface area contributed by atoms with E-state index >= 15 is 0 Å². The fourth-order valence-corrected chi connectivity index (χ4v) is 1.70. The van der Waals surface area contributed by atoms with Gasteiger partial charge in [-0.1, -0.05) is 20.3 Å². The molecule has 6 nitrogen and oxygen atoms in total. The van der Waals surface area contributed by atoms with Gasteiger partial charge in [-0.2, -0.15) is 0 Å². The Morgan fingerprint density at radius 3 is 2.53 bits per heavy atom. The zero-order chi connectivity index (χ0) is 14.5. The summed E-state index contributed by atoms with van der Waals surface area (Å²) >= 11 is 0. The van der Waals surface area contributed by atoms with Gasteiger partial charge < -0.3 is 22.1 Å². The Morgan fingerprint density at radius 2 is 1.89 bits per heavy atom. The first-order valence-electron chi connectivity index (χ1n) is 7.11. The van der Waals surface area contributed by atoms with Crippen LogP contribution in [0.15, 0.2) is 4.99 Å². The van der Waals surface area contributed by atoms with E-state index in [-0.39, 0.29) is 17.8 Å². The van der Waals surface area contributed by atoms with Crippen LogP contribution in [-0.4, -0.2) is 38.0 Å². The Labute approximate surface area is 116 Å².